The van der Waals surface area contributed by atoms with Gasteiger partial charge in [0.1, 0.15) is 11.6 Å². The summed E-state index contributed by atoms with van der Waals surface area (Å²) in [5.74, 6) is 1.00. The summed E-state index contributed by atoms with van der Waals surface area (Å²) in [6, 6.07) is 1.91. The Bertz CT molecular complexity index is 584. The topological polar surface area (TPSA) is 78.7 Å². The maximum atomic E-state index is 11.8. The third-order valence-corrected chi connectivity index (χ3v) is 4.56. The number of nitrogens with zero attached hydrogens (tertiary/aromatic N) is 2. The molecule has 96 valence electrons. The van der Waals surface area contributed by atoms with E-state index in [9.17, 15) is 9.59 Å². The second-order valence-electron chi connectivity index (χ2n) is 4.31. The zero-order valence-electron chi connectivity index (χ0n) is 10.2. The molecule has 0 aliphatic heterocycles. The van der Waals surface area contributed by atoms with Crippen LogP contribution in [0.2, 0.25) is 0 Å². The molecule has 2 unspecified atom stereocenters. The zero-order valence-corrected chi connectivity index (χ0v) is 11.0. The molecule has 1 N–H and O–H groups in total. The number of hydrogen-bond donors (Lipinski definition) is 1. The van der Waals surface area contributed by atoms with Crippen molar-refractivity contribution in [1.29, 1.82) is 5.26 Å². The molecule has 0 bridgehead atoms. The Morgan fingerprint density at radius 1 is 1.56 bits per heavy atom. The molecule has 2 atom stereocenters. The van der Waals surface area contributed by atoms with Gasteiger partial charge in [0.15, 0.2) is 0 Å². The summed E-state index contributed by atoms with van der Waals surface area (Å²) in [4.78, 5) is 25.4. The summed E-state index contributed by atoms with van der Waals surface area (Å²) in [7, 11) is 0. The van der Waals surface area contributed by atoms with Gasteiger partial charge in [-0.1, -0.05) is 13.3 Å². The Kier molecular flexibility index (Phi) is 3.92. The first-order valence-electron chi connectivity index (χ1n) is 6.04. The first-order valence-corrected chi connectivity index (χ1v) is 7.09. The lowest BCUT2D eigenvalue weighted by atomic mass is 10.2. The van der Waals surface area contributed by atoms with E-state index >= 15 is 0 Å². The molecule has 18 heavy (non-hydrogen) atoms. The number of aromatic amines is 1. The summed E-state index contributed by atoms with van der Waals surface area (Å²) in [6.45, 7) is 2.09. The van der Waals surface area contributed by atoms with Gasteiger partial charge < -0.3 is 0 Å². The van der Waals surface area contributed by atoms with Crippen LogP contribution in [0.3, 0.4) is 0 Å². The SMILES string of the molecule is CCSC1CCCC1n1cc(C#N)c(=O)[nH]c1=O. The smallest absolute Gasteiger partial charge is 0.295 e. The van der Waals surface area contributed by atoms with Gasteiger partial charge in [0.05, 0.1) is 6.04 Å². The van der Waals surface area contributed by atoms with Crippen molar-refractivity contribution in [3.8, 4) is 6.07 Å². The van der Waals surface area contributed by atoms with Crippen molar-refractivity contribution in [3.05, 3.63) is 32.6 Å². The van der Waals surface area contributed by atoms with Gasteiger partial charge >= 0.3 is 5.69 Å². The zero-order chi connectivity index (χ0) is 13.1. The predicted octanol–water partition coefficient (Wildman–Crippen LogP) is 1.25. The maximum absolute atomic E-state index is 11.8. The van der Waals surface area contributed by atoms with Gasteiger partial charge in [0, 0.05) is 11.4 Å². The molecular weight excluding hydrogens is 250 g/mol. The number of thioether (sulfide) groups is 1. The van der Waals surface area contributed by atoms with E-state index in [1.807, 2.05) is 17.8 Å². The van der Waals surface area contributed by atoms with Crippen LogP contribution in [-0.4, -0.2) is 20.6 Å². The first kappa shape index (κ1) is 13.0. The third kappa shape index (κ3) is 2.36. The highest BCUT2D eigenvalue weighted by molar-refractivity contribution is 7.99. The second kappa shape index (κ2) is 5.44. The maximum Gasteiger partial charge on any atom is 0.328 e. The average Bonchev–Trinajstić information content (AvgIpc) is 2.78. The van der Waals surface area contributed by atoms with Gasteiger partial charge in [-0.25, -0.2) is 4.79 Å². The molecule has 1 saturated carbocycles. The molecule has 1 aromatic rings. The number of H-pyrrole nitrogens is 1. The first-order chi connectivity index (χ1) is 8.67. The van der Waals surface area contributed by atoms with Gasteiger partial charge in [-0.3, -0.25) is 14.3 Å². The van der Waals surface area contributed by atoms with Gasteiger partial charge in [0.2, 0.25) is 0 Å². The Hall–Kier alpha value is -1.48. The minimum absolute atomic E-state index is 0.00162. The van der Waals surface area contributed by atoms with Crippen molar-refractivity contribution in [2.24, 2.45) is 0 Å². The fourth-order valence-corrected chi connectivity index (χ4v) is 3.70. The van der Waals surface area contributed by atoms with Crippen LogP contribution in [0.4, 0.5) is 0 Å². The molecular formula is C12H15N3O2S. The fourth-order valence-electron chi connectivity index (χ4n) is 2.44. The molecule has 6 heteroatoms. The standard InChI is InChI=1S/C12H15N3O2S/c1-2-18-10-5-3-4-9(10)15-7-8(6-13)11(16)14-12(15)17/h7,9-10H,2-5H2,1H3,(H,14,16,17). The third-order valence-electron chi connectivity index (χ3n) is 3.24. The van der Waals surface area contributed by atoms with Gasteiger partial charge in [0.25, 0.3) is 5.56 Å². The lowest BCUT2D eigenvalue weighted by Crippen LogP contribution is -2.35. The quantitative estimate of drug-likeness (QED) is 0.892. The van der Waals surface area contributed by atoms with Crippen LogP contribution in [0.5, 0.6) is 0 Å². The average molecular weight is 265 g/mol. The summed E-state index contributed by atoms with van der Waals surface area (Å²) in [5, 5.41) is 9.25. The van der Waals surface area contributed by atoms with Crippen molar-refractivity contribution in [1.82, 2.24) is 9.55 Å². The summed E-state index contributed by atoms with van der Waals surface area (Å²) in [6.07, 6.45) is 4.49. The van der Waals surface area contributed by atoms with E-state index in [2.05, 4.69) is 11.9 Å². The molecule has 2 rings (SSSR count). The van der Waals surface area contributed by atoms with Crippen molar-refractivity contribution in [2.75, 3.05) is 5.75 Å². The van der Waals surface area contributed by atoms with Crippen molar-refractivity contribution in [2.45, 2.75) is 37.5 Å². The second-order valence-corrected chi connectivity index (χ2v) is 5.83. The summed E-state index contributed by atoms with van der Waals surface area (Å²) >= 11 is 1.83. The van der Waals surface area contributed by atoms with E-state index in [-0.39, 0.29) is 11.6 Å². The highest BCUT2D eigenvalue weighted by Crippen LogP contribution is 2.37. The van der Waals surface area contributed by atoms with Gasteiger partial charge in [-0.05, 0) is 18.6 Å². The molecule has 1 fully saturated rings. The van der Waals surface area contributed by atoms with Crippen LogP contribution >= 0.6 is 11.8 Å². The lowest BCUT2D eigenvalue weighted by molar-refractivity contribution is 0.498. The number of aromatic nitrogens is 2. The fraction of sp³-hybridized carbons (Fsp3) is 0.583. The van der Waals surface area contributed by atoms with Gasteiger partial charge in [-0.2, -0.15) is 17.0 Å². The van der Waals surface area contributed by atoms with Crippen LogP contribution < -0.4 is 11.2 Å². The highest BCUT2D eigenvalue weighted by atomic mass is 32.2. The Morgan fingerprint density at radius 2 is 2.33 bits per heavy atom. The number of rotatable bonds is 3. The molecule has 0 saturated heterocycles. The van der Waals surface area contributed by atoms with Crippen LogP contribution in [-0.2, 0) is 0 Å². The van der Waals surface area contributed by atoms with Crippen LogP contribution in [0.1, 0.15) is 37.8 Å². The number of nitrogens with one attached hydrogen (secondary N) is 1. The molecule has 1 aliphatic carbocycles. The molecule has 0 spiro atoms. The Morgan fingerprint density at radius 3 is 3.00 bits per heavy atom. The van der Waals surface area contributed by atoms with Crippen molar-refractivity contribution < 1.29 is 0 Å². The van der Waals surface area contributed by atoms with E-state index in [1.165, 1.54) is 10.8 Å². The summed E-state index contributed by atoms with van der Waals surface area (Å²) in [5.41, 5.74) is -1.01. The summed E-state index contributed by atoms with van der Waals surface area (Å²) < 4.78 is 1.53. The monoisotopic (exact) mass is 265 g/mol. The molecule has 0 amide bonds. The van der Waals surface area contributed by atoms with E-state index in [0.717, 1.165) is 25.0 Å². The van der Waals surface area contributed by atoms with Crippen LogP contribution in [0.25, 0.3) is 0 Å². The normalized spacial score (nSPS) is 22.9. The molecule has 1 aromatic heterocycles. The number of nitriles is 1. The van der Waals surface area contributed by atoms with Crippen LogP contribution in [0.15, 0.2) is 15.8 Å². The van der Waals surface area contributed by atoms with E-state index in [0.29, 0.717) is 5.25 Å². The van der Waals surface area contributed by atoms with E-state index in [1.54, 1.807) is 0 Å². The largest absolute Gasteiger partial charge is 0.328 e. The minimum Gasteiger partial charge on any atom is -0.295 e. The highest BCUT2D eigenvalue weighted by Gasteiger charge is 2.29. The molecule has 1 aliphatic rings. The lowest BCUT2D eigenvalue weighted by Gasteiger charge is -2.20. The molecule has 1 heterocycles. The van der Waals surface area contributed by atoms with Gasteiger partial charge in [-0.15, -0.1) is 0 Å². The van der Waals surface area contributed by atoms with E-state index in [4.69, 9.17) is 5.26 Å². The van der Waals surface area contributed by atoms with E-state index < -0.39 is 11.2 Å². The molecule has 0 aromatic carbocycles. The minimum atomic E-state index is -0.601. The van der Waals surface area contributed by atoms with Crippen molar-refractivity contribution >= 4 is 11.8 Å². The number of hydrogen-bond acceptors (Lipinski definition) is 4. The molecule has 5 nitrogen and oxygen atoms in total. The Balaban J connectivity index is 2.42. The Labute approximate surface area is 109 Å². The van der Waals surface area contributed by atoms with Crippen molar-refractivity contribution in [3.63, 3.8) is 0 Å². The van der Waals surface area contributed by atoms with Crippen LogP contribution in [0, 0.1) is 11.3 Å². The predicted molar refractivity (Wildman–Crippen MR) is 70.8 cm³/mol. The molecule has 0 radical (unpaired) electrons.